The summed E-state index contributed by atoms with van der Waals surface area (Å²) in [6, 6.07) is 11.1. The molecule has 0 aliphatic rings. The molecular weight excluding hydrogens is 306 g/mol. The summed E-state index contributed by atoms with van der Waals surface area (Å²) in [6.07, 6.45) is 0.458. The normalized spacial score (nSPS) is 9.81. The second-order valence-corrected chi connectivity index (χ2v) is 5.98. The number of nitrogens with one attached hydrogen (secondary N) is 1. The summed E-state index contributed by atoms with van der Waals surface area (Å²) in [7, 11) is 0. The highest BCUT2D eigenvalue weighted by Gasteiger charge is 2.07. The number of carbonyl (C=O) groups excluding carboxylic acids is 1. The van der Waals surface area contributed by atoms with Crippen LogP contribution in [0, 0.1) is 11.8 Å². The minimum Gasteiger partial charge on any atom is -0.395 e. The zero-order valence-electron chi connectivity index (χ0n) is 11.2. The molecule has 108 valence electrons. The van der Waals surface area contributed by atoms with Crippen LogP contribution in [0.5, 0.6) is 0 Å². The third kappa shape index (κ3) is 4.91. The third-order valence-corrected chi connectivity index (χ3v) is 3.88. The minimum absolute atomic E-state index is 0.0616. The topological polar surface area (TPSA) is 49.3 Å². The molecule has 0 bridgehead atoms. The SMILES string of the molecule is O=C(NCc1cccc(C#CCCO)c1)c1ccc(Cl)s1. The van der Waals surface area contributed by atoms with E-state index in [1.165, 1.54) is 11.3 Å². The van der Waals surface area contributed by atoms with Gasteiger partial charge in [-0.15, -0.1) is 11.3 Å². The second kappa shape index (κ2) is 7.84. The highest BCUT2D eigenvalue weighted by molar-refractivity contribution is 7.17. The molecule has 2 aromatic rings. The first-order valence-corrected chi connectivity index (χ1v) is 7.60. The molecule has 1 aromatic carbocycles. The van der Waals surface area contributed by atoms with E-state index in [0.717, 1.165) is 11.1 Å². The number of halogens is 1. The van der Waals surface area contributed by atoms with Crippen LogP contribution in [0.2, 0.25) is 4.34 Å². The van der Waals surface area contributed by atoms with Gasteiger partial charge in [-0.1, -0.05) is 35.6 Å². The number of thiophene rings is 1. The van der Waals surface area contributed by atoms with E-state index in [-0.39, 0.29) is 12.5 Å². The molecule has 1 amide bonds. The summed E-state index contributed by atoms with van der Waals surface area (Å²) >= 11 is 7.06. The van der Waals surface area contributed by atoms with Crippen LogP contribution in [0.15, 0.2) is 36.4 Å². The van der Waals surface area contributed by atoms with Gasteiger partial charge < -0.3 is 10.4 Å². The molecule has 0 saturated carbocycles. The molecular formula is C16H14ClNO2S. The Bertz CT molecular complexity index is 685. The first-order chi connectivity index (χ1) is 10.2. The van der Waals surface area contributed by atoms with Gasteiger partial charge in [0.05, 0.1) is 15.8 Å². The summed E-state index contributed by atoms with van der Waals surface area (Å²) in [5.41, 5.74) is 1.84. The average molecular weight is 320 g/mol. The molecule has 0 saturated heterocycles. The summed E-state index contributed by atoms with van der Waals surface area (Å²) in [5.74, 6) is 5.71. The highest BCUT2D eigenvalue weighted by atomic mass is 35.5. The molecule has 0 aliphatic carbocycles. The van der Waals surface area contributed by atoms with Gasteiger partial charge in [-0.05, 0) is 29.8 Å². The average Bonchev–Trinajstić information content (AvgIpc) is 2.92. The largest absolute Gasteiger partial charge is 0.395 e. The van der Waals surface area contributed by atoms with Crippen molar-refractivity contribution in [2.24, 2.45) is 0 Å². The lowest BCUT2D eigenvalue weighted by molar-refractivity contribution is 0.0955. The van der Waals surface area contributed by atoms with Gasteiger partial charge in [-0.2, -0.15) is 0 Å². The molecule has 5 heteroatoms. The lowest BCUT2D eigenvalue weighted by Crippen LogP contribution is -2.21. The van der Waals surface area contributed by atoms with Crippen LogP contribution in [-0.2, 0) is 6.54 Å². The first-order valence-electron chi connectivity index (χ1n) is 6.41. The number of aliphatic hydroxyl groups is 1. The smallest absolute Gasteiger partial charge is 0.261 e. The number of hydrogen-bond acceptors (Lipinski definition) is 3. The number of amides is 1. The van der Waals surface area contributed by atoms with Crippen molar-refractivity contribution in [1.29, 1.82) is 0 Å². The molecule has 3 nitrogen and oxygen atoms in total. The van der Waals surface area contributed by atoms with Gasteiger partial charge in [-0.25, -0.2) is 0 Å². The standard InChI is InChI=1S/C16H14ClNO2S/c17-15-8-7-14(21-15)16(20)18-11-13-6-3-5-12(10-13)4-1-2-9-19/h3,5-8,10,19H,2,9,11H2,(H,18,20). The maximum atomic E-state index is 11.9. The Morgan fingerprint density at radius 3 is 2.90 bits per heavy atom. The molecule has 1 aromatic heterocycles. The quantitative estimate of drug-likeness (QED) is 0.851. The number of aliphatic hydroxyl groups excluding tert-OH is 1. The van der Waals surface area contributed by atoms with Crippen molar-refractivity contribution >= 4 is 28.8 Å². The number of carbonyl (C=O) groups is 1. The van der Waals surface area contributed by atoms with Crippen molar-refractivity contribution in [1.82, 2.24) is 5.32 Å². The molecule has 0 spiro atoms. The van der Waals surface area contributed by atoms with Crippen molar-refractivity contribution in [3.8, 4) is 11.8 Å². The van der Waals surface area contributed by atoms with E-state index in [0.29, 0.717) is 22.2 Å². The van der Waals surface area contributed by atoms with Gasteiger partial charge in [0.25, 0.3) is 5.91 Å². The van der Waals surface area contributed by atoms with Crippen molar-refractivity contribution in [3.05, 3.63) is 56.7 Å². The molecule has 0 atom stereocenters. The van der Waals surface area contributed by atoms with E-state index in [9.17, 15) is 4.79 Å². The Kier molecular flexibility index (Phi) is 5.82. The van der Waals surface area contributed by atoms with Crippen LogP contribution in [0.4, 0.5) is 0 Å². The van der Waals surface area contributed by atoms with Crippen molar-refractivity contribution < 1.29 is 9.90 Å². The molecule has 21 heavy (non-hydrogen) atoms. The van der Waals surface area contributed by atoms with Crippen molar-refractivity contribution in [2.75, 3.05) is 6.61 Å². The predicted molar refractivity (Wildman–Crippen MR) is 85.5 cm³/mol. The van der Waals surface area contributed by atoms with Gasteiger partial charge in [0, 0.05) is 18.5 Å². The Hall–Kier alpha value is -1.80. The van der Waals surface area contributed by atoms with E-state index in [1.54, 1.807) is 12.1 Å². The van der Waals surface area contributed by atoms with E-state index >= 15 is 0 Å². The fraction of sp³-hybridized carbons (Fsp3) is 0.188. The maximum Gasteiger partial charge on any atom is 0.261 e. The molecule has 1 heterocycles. The summed E-state index contributed by atoms with van der Waals surface area (Å²) in [4.78, 5) is 12.5. The van der Waals surface area contributed by atoms with Crippen LogP contribution in [0.25, 0.3) is 0 Å². The number of rotatable bonds is 4. The van der Waals surface area contributed by atoms with E-state index in [4.69, 9.17) is 16.7 Å². The van der Waals surface area contributed by atoms with Gasteiger partial charge in [-0.3, -0.25) is 4.79 Å². The fourth-order valence-corrected chi connectivity index (χ4v) is 2.64. The van der Waals surface area contributed by atoms with Crippen LogP contribution in [0.3, 0.4) is 0 Å². The van der Waals surface area contributed by atoms with Gasteiger partial charge in [0.15, 0.2) is 0 Å². The third-order valence-electron chi connectivity index (χ3n) is 2.65. The van der Waals surface area contributed by atoms with Crippen LogP contribution in [0.1, 0.15) is 27.2 Å². The van der Waals surface area contributed by atoms with E-state index < -0.39 is 0 Å². The summed E-state index contributed by atoms with van der Waals surface area (Å²) in [6.45, 7) is 0.496. The lowest BCUT2D eigenvalue weighted by atomic mass is 10.1. The molecule has 0 unspecified atom stereocenters. The molecule has 0 fully saturated rings. The first kappa shape index (κ1) is 15.6. The van der Waals surface area contributed by atoms with Gasteiger partial charge in [0.1, 0.15) is 0 Å². The van der Waals surface area contributed by atoms with E-state index in [1.807, 2.05) is 24.3 Å². The fourth-order valence-electron chi connectivity index (χ4n) is 1.69. The monoisotopic (exact) mass is 319 g/mol. The zero-order valence-corrected chi connectivity index (χ0v) is 12.8. The minimum atomic E-state index is -0.135. The molecule has 0 aliphatic heterocycles. The summed E-state index contributed by atoms with van der Waals surface area (Å²) in [5, 5.41) is 11.5. The predicted octanol–water partition coefficient (Wildman–Crippen LogP) is 3.07. The molecule has 2 rings (SSSR count). The maximum absolute atomic E-state index is 11.9. The molecule has 2 N–H and O–H groups in total. The van der Waals surface area contributed by atoms with E-state index in [2.05, 4.69) is 17.2 Å². The van der Waals surface area contributed by atoms with Crippen LogP contribution in [-0.4, -0.2) is 17.6 Å². The number of hydrogen-bond donors (Lipinski definition) is 2. The number of benzene rings is 1. The highest BCUT2D eigenvalue weighted by Crippen LogP contribution is 2.21. The second-order valence-electron chi connectivity index (χ2n) is 4.26. The zero-order chi connectivity index (χ0) is 15.1. The van der Waals surface area contributed by atoms with Gasteiger partial charge >= 0.3 is 0 Å². The Balaban J connectivity index is 1.96. The van der Waals surface area contributed by atoms with Crippen LogP contribution >= 0.6 is 22.9 Å². The Labute approximate surface area is 132 Å². The van der Waals surface area contributed by atoms with Crippen molar-refractivity contribution in [3.63, 3.8) is 0 Å². The Morgan fingerprint density at radius 1 is 1.33 bits per heavy atom. The lowest BCUT2D eigenvalue weighted by Gasteiger charge is -2.04. The molecule has 0 radical (unpaired) electrons. The van der Waals surface area contributed by atoms with Gasteiger partial charge in [0.2, 0.25) is 0 Å². The van der Waals surface area contributed by atoms with Crippen LogP contribution < -0.4 is 5.32 Å². The Morgan fingerprint density at radius 2 is 2.19 bits per heavy atom. The summed E-state index contributed by atoms with van der Waals surface area (Å²) < 4.78 is 0.598. The van der Waals surface area contributed by atoms with Crippen molar-refractivity contribution in [2.45, 2.75) is 13.0 Å².